The zero-order chi connectivity index (χ0) is 18.4. The molecule has 0 aliphatic rings. The van der Waals surface area contributed by atoms with E-state index in [9.17, 15) is 18.0 Å². The van der Waals surface area contributed by atoms with Crippen molar-refractivity contribution in [2.24, 2.45) is 0 Å². The van der Waals surface area contributed by atoms with Gasteiger partial charge >= 0.3 is 6.18 Å². The summed E-state index contributed by atoms with van der Waals surface area (Å²) in [5.41, 5.74) is -0.465. The molecule has 1 amide bonds. The van der Waals surface area contributed by atoms with Crippen LogP contribution in [0.15, 0.2) is 48.5 Å². The number of hydrogen-bond donors (Lipinski definition) is 2. The van der Waals surface area contributed by atoms with Gasteiger partial charge in [0, 0.05) is 17.1 Å². The number of hydrogen-bond acceptors (Lipinski definition) is 3. The molecule has 134 valence electrons. The fourth-order valence-corrected chi connectivity index (χ4v) is 2.19. The van der Waals surface area contributed by atoms with E-state index in [4.69, 9.17) is 21.4 Å². The van der Waals surface area contributed by atoms with Crippen molar-refractivity contribution in [3.63, 3.8) is 0 Å². The predicted octanol–water partition coefficient (Wildman–Crippen LogP) is 3.59. The highest BCUT2D eigenvalue weighted by Gasteiger charge is 2.31. The molecule has 0 aliphatic carbocycles. The zero-order valence-corrected chi connectivity index (χ0v) is 13.6. The Hall–Kier alpha value is -2.25. The second-order valence-electron chi connectivity index (χ2n) is 5.09. The van der Waals surface area contributed by atoms with Crippen molar-refractivity contribution in [3.05, 3.63) is 64.7 Å². The topological polar surface area (TPSA) is 58.6 Å². The van der Waals surface area contributed by atoms with Crippen LogP contribution in [-0.4, -0.2) is 24.2 Å². The van der Waals surface area contributed by atoms with E-state index in [1.807, 2.05) is 0 Å². The summed E-state index contributed by atoms with van der Waals surface area (Å²) < 4.78 is 44.0. The maximum Gasteiger partial charge on any atom is 0.416 e. The molecule has 0 saturated carbocycles. The summed E-state index contributed by atoms with van der Waals surface area (Å²) in [6.07, 6.45) is -5.71. The molecular weight excluding hydrogens is 359 g/mol. The Morgan fingerprint density at radius 3 is 2.48 bits per heavy atom. The molecule has 0 aromatic heterocycles. The van der Waals surface area contributed by atoms with E-state index in [1.165, 1.54) is 12.1 Å². The van der Waals surface area contributed by atoms with E-state index >= 15 is 0 Å². The van der Waals surface area contributed by atoms with Gasteiger partial charge in [-0.05, 0) is 30.3 Å². The van der Waals surface area contributed by atoms with Crippen molar-refractivity contribution in [1.29, 1.82) is 0 Å². The number of nitrogens with one attached hydrogen (secondary N) is 1. The SMILES string of the molecule is O=C(NCCO)C(Oc1cccc(C(F)(F)F)c1)c1ccc(Cl)cc1. The van der Waals surface area contributed by atoms with E-state index < -0.39 is 23.8 Å². The minimum atomic E-state index is -4.52. The summed E-state index contributed by atoms with van der Waals surface area (Å²) in [5.74, 6) is -0.692. The Bertz CT molecular complexity index is 720. The zero-order valence-electron chi connectivity index (χ0n) is 12.9. The van der Waals surface area contributed by atoms with Crippen molar-refractivity contribution in [3.8, 4) is 5.75 Å². The first-order valence-electron chi connectivity index (χ1n) is 7.29. The lowest BCUT2D eigenvalue weighted by atomic mass is 10.1. The van der Waals surface area contributed by atoms with E-state index in [0.29, 0.717) is 10.6 Å². The number of alkyl halides is 3. The number of carbonyl (C=O) groups is 1. The van der Waals surface area contributed by atoms with E-state index in [2.05, 4.69) is 5.32 Å². The van der Waals surface area contributed by atoms with Gasteiger partial charge in [-0.2, -0.15) is 13.2 Å². The lowest BCUT2D eigenvalue weighted by Gasteiger charge is -2.20. The molecule has 1 unspecified atom stereocenters. The van der Waals surface area contributed by atoms with Crippen molar-refractivity contribution in [1.82, 2.24) is 5.32 Å². The Labute approximate surface area is 147 Å². The number of aliphatic hydroxyl groups is 1. The molecule has 0 radical (unpaired) electrons. The predicted molar refractivity (Wildman–Crippen MR) is 86.4 cm³/mol. The number of carbonyl (C=O) groups excluding carboxylic acids is 1. The molecule has 2 rings (SSSR count). The molecule has 0 bridgehead atoms. The average Bonchev–Trinajstić information content (AvgIpc) is 2.58. The Morgan fingerprint density at radius 2 is 1.88 bits per heavy atom. The van der Waals surface area contributed by atoms with E-state index in [1.54, 1.807) is 24.3 Å². The van der Waals surface area contributed by atoms with Crippen LogP contribution >= 0.6 is 11.6 Å². The first kappa shape index (κ1) is 19.1. The van der Waals surface area contributed by atoms with Gasteiger partial charge < -0.3 is 15.2 Å². The number of aliphatic hydroxyl groups excluding tert-OH is 1. The average molecular weight is 374 g/mol. The second kappa shape index (κ2) is 8.22. The third-order valence-electron chi connectivity index (χ3n) is 3.24. The highest BCUT2D eigenvalue weighted by molar-refractivity contribution is 6.30. The van der Waals surface area contributed by atoms with E-state index in [0.717, 1.165) is 12.1 Å². The van der Waals surface area contributed by atoms with Gasteiger partial charge in [0.1, 0.15) is 5.75 Å². The summed E-state index contributed by atoms with van der Waals surface area (Å²) in [4.78, 5) is 12.3. The van der Waals surface area contributed by atoms with Gasteiger partial charge in [0.2, 0.25) is 6.10 Å². The summed E-state index contributed by atoms with van der Waals surface area (Å²) in [7, 11) is 0. The van der Waals surface area contributed by atoms with Crippen LogP contribution in [0.5, 0.6) is 5.75 Å². The van der Waals surface area contributed by atoms with Gasteiger partial charge in [-0.3, -0.25) is 4.79 Å². The van der Waals surface area contributed by atoms with Crippen LogP contribution in [0.25, 0.3) is 0 Å². The summed E-state index contributed by atoms with van der Waals surface area (Å²) in [6.45, 7) is -0.280. The number of rotatable bonds is 6. The number of amides is 1. The highest BCUT2D eigenvalue weighted by atomic mass is 35.5. The van der Waals surface area contributed by atoms with Crippen LogP contribution in [0.2, 0.25) is 5.02 Å². The van der Waals surface area contributed by atoms with Crippen molar-refractivity contribution in [2.45, 2.75) is 12.3 Å². The van der Waals surface area contributed by atoms with Gasteiger partial charge in [-0.15, -0.1) is 0 Å². The molecule has 8 heteroatoms. The third kappa shape index (κ3) is 5.37. The quantitative estimate of drug-likeness (QED) is 0.813. The van der Waals surface area contributed by atoms with Crippen LogP contribution in [0.3, 0.4) is 0 Å². The third-order valence-corrected chi connectivity index (χ3v) is 3.49. The molecule has 2 aromatic rings. The Kier molecular flexibility index (Phi) is 6.27. The summed E-state index contributed by atoms with van der Waals surface area (Å²) in [6, 6.07) is 10.4. The minimum Gasteiger partial charge on any atom is -0.476 e. The molecule has 2 N–H and O–H groups in total. The number of ether oxygens (including phenoxy) is 1. The monoisotopic (exact) mass is 373 g/mol. The van der Waals surface area contributed by atoms with Crippen LogP contribution in [-0.2, 0) is 11.0 Å². The van der Waals surface area contributed by atoms with Gasteiger partial charge in [0.25, 0.3) is 5.91 Å². The fourth-order valence-electron chi connectivity index (χ4n) is 2.06. The maximum atomic E-state index is 12.8. The standard InChI is InChI=1S/C17H15ClF3NO3/c18-13-6-4-11(5-7-13)15(16(24)22-8-9-23)25-14-3-1-2-12(10-14)17(19,20)21/h1-7,10,15,23H,8-9H2,(H,22,24). The second-order valence-corrected chi connectivity index (χ2v) is 5.53. The molecule has 4 nitrogen and oxygen atoms in total. The molecule has 0 aliphatic heterocycles. The van der Waals surface area contributed by atoms with Crippen molar-refractivity contribution in [2.75, 3.05) is 13.2 Å². The van der Waals surface area contributed by atoms with Gasteiger partial charge in [-0.25, -0.2) is 0 Å². The lowest BCUT2D eigenvalue weighted by Crippen LogP contribution is -2.34. The molecule has 1 atom stereocenters. The molecular formula is C17H15ClF3NO3. The molecule has 0 saturated heterocycles. The number of benzene rings is 2. The minimum absolute atomic E-state index is 0.00509. The summed E-state index contributed by atoms with van der Waals surface area (Å²) >= 11 is 5.81. The molecule has 0 fully saturated rings. The largest absolute Gasteiger partial charge is 0.476 e. The smallest absolute Gasteiger partial charge is 0.416 e. The Morgan fingerprint density at radius 1 is 1.20 bits per heavy atom. The number of halogens is 4. The van der Waals surface area contributed by atoms with Crippen molar-refractivity contribution < 1.29 is 27.8 Å². The van der Waals surface area contributed by atoms with Crippen LogP contribution in [0, 0.1) is 0 Å². The molecule has 0 heterocycles. The first-order valence-corrected chi connectivity index (χ1v) is 7.67. The first-order chi connectivity index (χ1) is 11.8. The summed E-state index contributed by atoms with van der Waals surface area (Å²) in [5, 5.41) is 11.7. The Balaban J connectivity index is 2.30. The van der Waals surface area contributed by atoms with E-state index in [-0.39, 0.29) is 18.9 Å². The molecule has 2 aromatic carbocycles. The normalized spacial score (nSPS) is 12.5. The van der Waals surface area contributed by atoms with Crippen LogP contribution < -0.4 is 10.1 Å². The van der Waals surface area contributed by atoms with Crippen LogP contribution in [0.1, 0.15) is 17.2 Å². The maximum absolute atomic E-state index is 12.8. The lowest BCUT2D eigenvalue weighted by molar-refractivity contribution is -0.137. The highest BCUT2D eigenvalue weighted by Crippen LogP contribution is 2.32. The van der Waals surface area contributed by atoms with Gasteiger partial charge in [0.15, 0.2) is 0 Å². The van der Waals surface area contributed by atoms with Crippen molar-refractivity contribution >= 4 is 17.5 Å². The molecule has 25 heavy (non-hydrogen) atoms. The van der Waals surface area contributed by atoms with Crippen LogP contribution in [0.4, 0.5) is 13.2 Å². The van der Waals surface area contributed by atoms with Gasteiger partial charge in [-0.1, -0.05) is 29.8 Å². The molecule has 0 spiro atoms. The van der Waals surface area contributed by atoms with Gasteiger partial charge in [0.05, 0.1) is 12.2 Å². The fraction of sp³-hybridized carbons (Fsp3) is 0.235.